The molecule has 0 saturated heterocycles. The van der Waals surface area contributed by atoms with E-state index in [2.05, 4.69) is 20.3 Å². The molecular formula is C17H11ClFN5S. The summed E-state index contributed by atoms with van der Waals surface area (Å²) in [5, 5.41) is 9.73. The Hall–Kier alpha value is -2.51. The lowest BCUT2D eigenvalue weighted by Gasteiger charge is -2.03. The van der Waals surface area contributed by atoms with Gasteiger partial charge in [-0.3, -0.25) is 0 Å². The van der Waals surface area contributed by atoms with Gasteiger partial charge in [0.2, 0.25) is 0 Å². The van der Waals surface area contributed by atoms with Crippen molar-refractivity contribution in [3.8, 4) is 5.69 Å². The Morgan fingerprint density at radius 2 is 1.92 bits per heavy atom. The Kier molecular flexibility index (Phi) is 4.33. The van der Waals surface area contributed by atoms with E-state index in [9.17, 15) is 4.39 Å². The maximum atomic E-state index is 13.0. The Morgan fingerprint density at radius 1 is 1.08 bits per heavy atom. The number of rotatable bonds is 4. The molecular weight excluding hydrogens is 361 g/mol. The van der Waals surface area contributed by atoms with Gasteiger partial charge in [0, 0.05) is 10.8 Å². The standard InChI is InChI=1S/C17H11ClFN5S/c18-12-2-1-3-14(8-12)24-16-15(22-23-24)17(21-10-20-16)25-9-11-4-6-13(19)7-5-11/h1-8,10H,9H2. The molecule has 0 aliphatic rings. The van der Waals surface area contributed by atoms with Crippen molar-refractivity contribution in [3.63, 3.8) is 0 Å². The highest BCUT2D eigenvalue weighted by atomic mass is 35.5. The van der Waals surface area contributed by atoms with Crippen molar-refractivity contribution in [2.75, 3.05) is 0 Å². The summed E-state index contributed by atoms with van der Waals surface area (Å²) in [4.78, 5) is 8.60. The van der Waals surface area contributed by atoms with E-state index in [0.717, 1.165) is 16.3 Å². The van der Waals surface area contributed by atoms with Crippen LogP contribution in [0.25, 0.3) is 16.9 Å². The molecule has 4 aromatic rings. The molecule has 0 radical (unpaired) electrons. The van der Waals surface area contributed by atoms with Crippen LogP contribution >= 0.6 is 23.4 Å². The van der Waals surface area contributed by atoms with Gasteiger partial charge < -0.3 is 0 Å². The highest BCUT2D eigenvalue weighted by Gasteiger charge is 2.13. The minimum absolute atomic E-state index is 0.248. The summed E-state index contributed by atoms with van der Waals surface area (Å²) < 4.78 is 14.6. The van der Waals surface area contributed by atoms with Gasteiger partial charge in [-0.25, -0.2) is 14.4 Å². The molecule has 25 heavy (non-hydrogen) atoms. The van der Waals surface area contributed by atoms with E-state index in [1.54, 1.807) is 28.9 Å². The maximum Gasteiger partial charge on any atom is 0.187 e. The van der Waals surface area contributed by atoms with Crippen molar-refractivity contribution in [3.05, 3.63) is 71.3 Å². The first kappa shape index (κ1) is 16.0. The number of nitrogens with zero attached hydrogens (tertiary/aromatic N) is 5. The van der Waals surface area contributed by atoms with Crippen molar-refractivity contribution in [2.45, 2.75) is 10.8 Å². The number of hydrogen-bond acceptors (Lipinski definition) is 5. The van der Waals surface area contributed by atoms with Crippen molar-refractivity contribution < 1.29 is 4.39 Å². The van der Waals surface area contributed by atoms with Gasteiger partial charge in [-0.1, -0.05) is 46.8 Å². The van der Waals surface area contributed by atoms with Gasteiger partial charge in [0.15, 0.2) is 11.2 Å². The van der Waals surface area contributed by atoms with Gasteiger partial charge in [0.05, 0.1) is 5.69 Å². The maximum absolute atomic E-state index is 13.0. The molecule has 2 aromatic heterocycles. The summed E-state index contributed by atoms with van der Waals surface area (Å²) >= 11 is 7.55. The van der Waals surface area contributed by atoms with Crippen LogP contribution in [0.2, 0.25) is 5.02 Å². The van der Waals surface area contributed by atoms with E-state index in [4.69, 9.17) is 11.6 Å². The molecule has 0 aliphatic heterocycles. The van der Waals surface area contributed by atoms with Crippen molar-refractivity contribution in [1.82, 2.24) is 25.0 Å². The van der Waals surface area contributed by atoms with Crippen molar-refractivity contribution in [2.24, 2.45) is 0 Å². The SMILES string of the molecule is Fc1ccc(CSc2ncnc3c2nnn3-c2cccc(Cl)c2)cc1. The second-order valence-corrected chi connectivity index (χ2v) is 6.65. The van der Waals surface area contributed by atoms with E-state index in [1.807, 2.05) is 12.1 Å². The molecule has 2 aromatic carbocycles. The molecule has 0 unspecified atom stereocenters. The molecule has 0 spiro atoms. The Labute approximate surface area is 151 Å². The highest BCUT2D eigenvalue weighted by molar-refractivity contribution is 7.98. The van der Waals surface area contributed by atoms with Gasteiger partial charge in [-0.2, -0.15) is 4.68 Å². The van der Waals surface area contributed by atoms with Crippen LogP contribution in [0.4, 0.5) is 4.39 Å². The lowest BCUT2D eigenvalue weighted by molar-refractivity contribution is 0.627. The lowest BCUT2D eigenvalue weighted by Crippen LogP contribution is -1.98. The summed E-state index contributed by atoms with van der Waals surface area (Å²) in [6, 6.07) is 13.7. The van der Waals surface area contributed by atoms with Crippen LogP contribution in [0.1, 0.15) is 5.56 Å². The molecule has 124 valence electrons. The predicted molar refractivity (Wildman–Crippen MR) is 95.4 cm³/mol. The quantitative estimate of drug-likeness (QED) is 0.395. The minimum Gasteiger partial charge on any atom is -0.227 e. The number of thioether (sulfide) groups is 1. The molecule has 2 heterocycles. The molecule has 0 N–H and O–H groups in total. The molecule has 0 aliphatic carbocycles. The molecule has 8 heteroatoms. The second-order valence-electron chi connectivity index (χ2n) is 5.25. The average molecular weight is 372 g/mol. The van der Waals surface area contributed by atoms with Gasteiger partial charge in [0.1, 0.15) is 17.2 Å². The highest BCUT2D eigenvalue weighted by Crippen LogP contribution is 2.27. The first-order valence-corrected chi connectivity index (χ1v) is 8.77. The normalized spacial score (nSPS) is 11.1. The number of hydrogen-bond donors (Lipinski definition) is 0. The molecule has 0 atom stereocenters. The minimum atomic E-state index is -0.248. The monoisotopic (exact) mass is 371 g/mol. The molecule has 0 bridgehead atoms. The van der Waals surface area contributed by atoms with E-state index in [-0.39, 0.29) is 5.82 Å². The van der Waals surface area contributed by atoms with Gasteiger partial charge in [-0.15, -0.1) is 5.10 Å². The van der Waals surface area contributed by atoms with Gasteiger partial charge in [0.25, 0.3) is 0 Å². The first-order chi connectivity index (χ1) is 12.2. The largest absolute Gasteiger partial charge is 0.227 e. The van der Waals surface area contributed by atoms with Crippen LogP contribution in [0.3, 0.4) is 0 Å². The second kappa shape index (κ2) is 6.78. The number of benzene rings is 2. The van der Waals surface area contributed by atoms with Crippen LogP contribution in [-0.4, -0.2) is 25.0 Å². The molecule has 4 rings (SSSR count). The van der Waals surface area contributed by atoms with Crippen LogP contribution in [0, 0.1) is 5.82 Å². The van der Waals surface area contributed by atoms with Crippen LogP contribution in [-0.2, 0) is 5.75 Å². The van der Waals surface area contributed by atoms with E-state index < -0.39 is 0 Å². The predicted octanol–water partition coefficient (Wildman–Crippen LogP) is 4.30. The van der Waals surface area contributed by atoms with E-state index >= 15 is 0 Å². The average Bonchev–Trinajstić information content (AvgIpc) is 3.06. The summed E-state index contributed by atoms with van der Waals surface area (Å²) in [5.74, 6) is 0.402. The number of fused-ring (bicyclic) bond motifs is 1. The van der Waals surface area contributed by atoms with Crippen molar-refractivity contribution in [1.29, 1.82) is 0 Å². The fourth-order valence-corrected chi connectivity index (χ4v) is 3.42. The summed E-state index contributed by atoms with van der Waals surface area (Å²) in [6.45, 7) is 0. The van der Waals surface area contributed by atoms with E-state index in [1.165, 1.54) is 30.2 Å². The zero-order chi connectivity index (χ0) is 17.2. The first-order valence-electron chi connectivity index (χ1n) is 7.40. The van der Waals surface area contributed by atoms with Crippen LogP contribution in [0.15, 0.2) is 59.9 Å². The molecule has 0 fully saturated rings. The Morgan fingerprint density at radius 3 is 2.72 bits per heavy atom. The molecule has 0 saturated carbocycles. The van der Waals surface area contributed by atoms with Gasteiger partial charge >= 0.3 is 0 Å². The number of halogens is 2. The third-order valence-electron chi connectivity index (χ3n) is 3.55. The summed E-state index contributed by atoms with van der Waals surface area (Å²) in [5.41, 5.74) is 3.01. The number of aromatic nitrogens is 5. The smallest absolute Gasteiger partial charge is 0.187 e. The van der Waals surface area contributed by atoms with Crippen molar-refractivity contribution >= 4 is 34.5 Å². The topological polar surface area (TPSA) is 56.5 Å². The lowest BCUT2D eigenvalue weighted by atomic mass is 10.2. The summed E-state index contributed by atoms with van der Waals surface area (Å²) in [7, 11) is 0. The zero-order valence-electron chi connectivity index (χ0n) is 12.8. The summed E-state index contributed by atoms with van der Waals surface area (Å²) in [6.07, 6.45) is 1.49. The molecule has 5 nitrogen and oxygen atoms in total. The third kappa shape index (κ3) is 3.33. The fourth-order valence-electron chi connectivity index (χ4n) is 2.35. The zero-order valence-corrected chi connectivity index (χ0v) is 14.4. The van der Waals surface area contributed by atoms with Gasteiger partial charge in [-0.05, 0) is 35.9 Å². The van der Waals surface area contributed by atoms with Crippen LogP contribution in [0.5, 0.6) is 0 Å². The van der Waals surface area contributed by atoms with Crippen LogP contribution < -0.4 is 0 Å². The van der Waals surface area contributed by atoms with E-state index in [0.29, 0.717) is 21.9 Å². The Bertz CT molecular complexity index is 1030. The fraction of sp³-hybridized carbons (Fsp3) is 0.0588. The molecule has 0 amide bonds. The third-order valence-corrected chi connectivity index (χ3v) is 4.83. The Balaban J connectivity index is 1.66.